The molecule has 0 aliphatic carbocycles. The Morgan fingerprint density at radius 2 is 1.89 bits per heavy atom. The largest absolute Gasteiger partial charge is 0.367 e. The molecule has 0 aromatic heterocycles. The minimum Gasteiger partial charge on any atom is -0.367 e. The summed E-state index contributed by atoms with van der Waals surface area (Å²) in [6, 6.07) is 11.1. The van der Waals surface area contributed by atoms with Crippen LogP contribution in [0.2, 0.25) is 0 Å². The van der Waals surface area contributed by atoms with Crippen molar-refractivity contribution in [3.05, 3.63) is 69.5 Å². The Labute approximate surface area is 162 Å². The zero-order valence-electron chi connectivity index (χ0n) is 15.7. The Hall–Kier alpha value is -3.00. The first-order valence-corrected chi connectivity index (χ1v) is 9.21. The van der Waals surface area contributed by atoms with Gasteiger partial charge in [-0.1, -0.05) is 12.1 Å². The fourth-order valence-corrected chi connectivity index (χ4v) is 3.35. The van der Waals surface area contributed by atoms with E-state index in [0.29, 0.717) is 29.9 Å². The SMILES string of the molecule is Cc1cc(C(=O)NCCN2CCN(c3ccccc3F)CC2)ccc1[N+](=O)[O-]. The number of nitrogens with one attached hydrogen (secondary N) is 1. The number of hydrogen-bond acceptors (Lipinski definition) is 5. The molecule has 1 amide bonds. The monoisotopic (exact) mass is 386 g/mol. The summed E-state index contributed by atoms with van der Waals surface area (Å²) in [6.45, 7) is 5.84. The number of para-hydroxylation sites is 1. The summed E-state index contributed by atoms with van der Waals surface area (Å²) < 4.78 is 13.9. The molecule has 2 aromatic rings. The van der Waals surface area contributed by atoms with Gasteiger partial charge in [-0.05, 0) is 31.2 Å². The van der Waals surface area contributed by atoms with Gasteiger partial charge >= 0.3 is 0 Å². The van der Waals surface area contributed by atoms with Crippen molar-refractivity contribution in [3.63, 3.8) is 0 Å². The first-order chi connectivity index (χ1) is 13.5. The van der Waals surface area contributed by atoms with Crippen LogP contribution >= 0.6 is 0 Å². The molecule has 1 fully saturated rings. The highest BCUT2D eigenvalue weighted by Gasteiger charge is 2.19. The highest BCUT2D eigenvalue weighted by Crippen LogP contribution is 2.20. The highest BCUT2D eigenvalue weighted by molar-refractivity contribution is 5.94. The zero-order chi connectivity index (χ0) is 20.1. The molecular weight excluding hydrogens is 363 g/mol. The molecule has 1 saturated heterocycles. The van der Waals surface area contributed by atoms with Crippen LogP contribution in [0.5, 0.6) is 0 Å². The first kappa shape index (κ1) is 19.8. The maximum absolute atomic E-state index is 13.9. The molecule has 0 bridgehead atoms. The van der Waals surface area contributed by atoms with Crippen LogP contribution in [0.3, 0.4) is 0 Å². The number of anilines is 1. The zero-order valence-corrected chi connectivity index (χ0v) is 15.7. The summed E-state index contributed by atoms with van der Waals surface area (Å²) in [5.41, 5.74) is 1.50. The second-order valence-electron chi connectivity index (χ2n) is 6.79. The van der Waals surface area contributed by atoms with E-state index >= 15 is 0 Å². The molecule has 1 heterocycles. The van der Waals surface area contributed by atoms with Gasteiger partial charge in [-0.2, -0.15) is 0 Å². The van der Waals surface area contributed by atoms with Gasteiger partial charge in [0.25, 0.3) is 11.6 Å². The number of carbonyl (C=O) groups excluding carboxylic acids is 1. The molecule has 0 saturated carbocycles. The van der Waals surface area contributed by atoms with E-state index in [4.69, 9.17) is 0 Å². The van der Waals surface area contributed by atoms with Gasteiger partial charge in [0.15, 0.2) is 0 Å². The van der Waals surface area contributed by atoms with Gasteiger partial charge in [0.1, 0.15) is 5.82 Å². The van der Waals surface area contributed by atoms with Crippen LogP contribution in [0.1, 0.15) is 15.9 Å². The van der Waals surface area contributed by atoms with Crippen molar-refractivity contribution in [3.8, 4) is 0 Å². The van der Waals surface area contributed by atoms with Crippen LogP contribution < -0.4 is 10.2 Å². The minimum atomic E-state index is -0.460. The Balaban J connectivity index is 1.45. The summed E-state index contributed by atoms with van der Waals surface area (Å²) in [5.74, 6) is -0.454. The maximum Gasteiger partial charge on any atom is 0.272 e. The van der Waals surface area contributed by atoms with E-state index < -0.39 is 4.92 Å². The van der Waals surface area contributed by atoms with Crippen LogP contribution in [-0.4, -0.2) is 55.0 Å². The van der Waals surface area contributed by atoms with E-state index in [1.54, 1.807) is 19.1 Å². The molecule has 3 rings (SSSR count). The molecule has 7 nitrogen and oxygen atoms in total. The molecule has 0 radical (unpaired) electrons. The van der Waals surface area contributed by atoms with Crippen LogP contribution in [-0.2, 0) is 0 Å². The average Bonchev–Trinajstić information content (AvgIpc) is 2.68. The van der Waals surface area contributed by atoms with E-state index in [1.165, 1.54) is 24.3 Å². The van der Waals surface area contributed by atoms with Gasteiger partial charge in [-0.15, -0.1) is 0 Å². The third-order valence-corrected chi connectivity index (χ3v) is 4.93. The lowest BCUT2D eigenvalue weighted by atomic mass is 10.1. The highest BCUT2D eigenvalue weighted by atomic mass is 19.1. The number of nitrogens with zero attached hydrogens (tertiary/aromatic N) is 3. The quantitative estimate of drug-likeness (QED) is 0.610. The van der Waals surface area contributed by atoms with Crippen molar-refractivity contribution in [1.29, 1.82) is 0 Å². The fourth-order valence-electron chi connectivity index (χ4n) is 3.35. The standard InChI is InChI=1S/C20H23FN4O3/c1-15-14-16(6-7-18(15)25(27)28)20(26)22-8-9-23-10-12-24(13-11-23)19-5-3-2-4-17(19)21/h2-7,14H,8-13H2,1H3,(H,22,26). The van der Waals surface area contributed by atoms with Gasteiger partial charge in [0.2, 0.25) is 0 Å². The summed E-state index contributed by atoms with van der Waals surface area (Å²) >= 11 is 0. The summed E-state index contributed by atoms with van der Waals surface area (Å²) in [6.07, 6.45) is 0. The van der Waals surface area contributed by atoms with Gasteiger partial charge < -0.3 is 10.2 Å². The number of nitro groups is 1. The lowest BCUT2D eigenvalue weighted by Gasteiger charge is -2.36. The number of hydrogen-bond donors (Lipinski definition) is 1. The van der Waals surface area contributed by atoms with Gasteiger partial charge in [-0.3, -0.25) is 19.8 Å². The lowest BCUT2D eigenvalue weighted by molar-refractivity contribution is -0.385. The molecule has 1 aliphatic heterocycles. The predicted molar refractivity (Wildman–Crippen MR) is 105 cm³/mol. The summed E-state index contributed by atoms with van der Waals surface area (Å²) in [5, 5.41) is 13.7. The van der Waals surface area contributed by atoms with E-state index in [1.807, 2.05) is 11.0 Å². The number of carbonyl (C=O) groups is 1. The molecule has 1 N–H and O–H groups in total. The maximum atomic E-state index is 13.9. The third-order valence-electron chi connectivity index (χ3n) is 4.93. The van der Waals surface area contributed by atoms with E-state index in [2.05, 4.69) is 10.2 Å². The fraction of sp³-hybridized carbons (Fsp3) is 0.350. The lowest BCUT2D eigenvalue weighted by Crippen LogP contribution is -2.48. The molecule has 148 valence electrons. The predicted octanol–water partition coefficient (Wildman–Crippen LogP) is 2.59. The average molecular weight is 386 g/mol. The molecule has 8 heteroatoms. The molecule has 2 aromatic carbocycles. The Bertz CT molecular complexity index is 866. The smallest absolute Gasteiger partial charge is 0.272 e. The van der Waals surface area contributed by atoms with Crippen molar-refractivity contribution in [2.24, 2.45) is 0 Å². The second kappa shape index (κ2) is 8.79. The van der Waals surface area contributed by atoms with Crippen LogP contribution in [0.25, 0.3) is 0 Å². The Kier molecular flexibility index (Phi) is 6.20. The molecular formula is C20H23FN4O3. The number of halogens is 1. The van der Waals surface area contributed by atoms with Crippen LogP contribution in [0.15, 0.2) is 42.5 Å². The first-order valence-electron chi connectivity index (χ1n) is 9.21. The molecule has 28 heavy (non-hydrogen) atoms. The number of nitro benzene ring substituents is 1. The topological polar surface area (TPSA) is 78.7 Å². The van der Waals surface area contributed by atoms with Gasteiger partial charge in [0, 0.05) is 56.5 Å². The number of amides is 1. The molecule has 0 spiro atoms. The molecule has 0 unspecified atom stereocenters. The Morgan fingerprint density at radius 1 is 1.18 bits per heavy atom. The second-order valence-corrected chi connectivity index (χ2v) is 6.79. The van der Waals surface area contributed by atoms with Crippen LogP contribution in [0, 0.1) is 22.9 Å². The minimum absolute atomic E-state index is 0.00396. The number of benzene rings is 2. The van der Waals surface area contributed by atoms with Crippen molar-refractivity contribution in [2.45, 2.75) is 6.92 Å². The van der Waals surface area contributed by atoms with Gasteiger partial charge in [-0.25, -0.2) is 4.39 Å². The van der Waals surface area contributed by atoms with Crippen LogP contribution in [0.4, 0.5) is 15.8 Å². The third kappa shape index (κ3) is 4.64. The summed E-state index contributed by atoms with van der Waals surface area (Å²) in [7, 11) is 0. The molecule has 1 aliphatic rings. The Morgan fingerprint density at radius 3 is 2.54 bits per heavy atom. The van der Waals surface area contributed by atoms with E-state index in [9.17, 15) is 19.3 Å². The number of piperazine rings is 1. The van der Waals surface area contributed by atoms with Gasteiger partial charge in [0.05, 0.1) is 10.6 Å². The number of rotatable bonds is 6. The van der Waals surface area contributed by atoms with Crippen molar-refractivity contribution < 1.29 is 14.1 Å². The molecule has 0 atom stereocenters. The normalized spacial score (nSPS) is 14.7. The van der Waals surface area contributed by atoms with E-state index in [0.717, 1.165) is 26.2 Å². The van der Waals surface area contributed by atoms with Crippen molar-refractivity contribution >= 4 is 17.3 Å². The van der Waals surface area contributed by atoms with E-state index in [-0.39, 0.29) is 17.4 Å². The van der Waals surface area contributed by atoms with Crippen molar-refractivity contribution in [2.75, 3.05) is 44.2 Å². The van der Waals surface area contributed by atoms with Crippen molar-refractivity contribution in [1.82, 2.24) is 10.2 Å². The summed E-state index contributed by atoms with van der Waals surface area (Å²) in [4.78, 5) is 26.9. The number of aryl methyl sites for hydroxylation is 1.